The fourth-order valence-electron chi connectivity index (χ4n) is 2.90. The zero-order valence-electron chi connectivity index (χ0n) is 13.2. The molecule has 0 aliphatic carbocycles. The second-order valence-electron chi connectivity index (χ2n) is 5.87. The summed E-state index contributed by atoms with van der Waals surface area (Å²) in [7, 11) is 1.64. The van der Waals surface area contributed by atoms with Gasteiger partial charge in [-0.3, -0.25) is 4.79 Å². The average Bonchev–Trinajstić information content (AvgIpc) is 2.47. The largest absolute Gasteiger partial charge is 0.497 e. The molecule has 1 atom stereocenters. The Kier molecular flexibility index (Phi) is 6.05. The molecule has 4 nitrogen and oxygen atoms in total. The number of benzene rings is 1. The van der Waals surface area contributed by atoms with Crippen LogP contribution in [0.15, 0.2) is 24.3 Å². The first-order valence-corrected chi connectivity index (χ1v) is 8.00. The van der Waals surface area contributed by atoms with Crippen molar-refractivity contribution in [2.24, 2.45) is 0 Å². The van der Waals surface area contributed by atoms with Crippen LogP contribution in [0.1, 0.15) is 39.0 Å². The number of ether oxygens (including phenoxy) is 1. The lowest BCUT2D eigenvalue weighted by Crippen LogP contribution is -3.16. The van der Waals surface area contributed by atoms with E-state index in [2.05, 4.69) is 5.32 Å². The lowest BCUT2D eigenvalue weighted by molar-refractivity contribution is -0.914. The van der Waals surface area contributed by atoms with Crippen molar-refractivity contribution in [3.8, 4) is 5.75 Å². The number of likely N-dealkylation sites (tertiary alicyclic amines) is 1. The van der Waals surface area contributed by atoms with Crippen LogP contribution in [-0.2, 0) is 4.79 Å². The molecule has 0 spiro atoms. The minimum atomic E-state index is 0.00482. The number of methoxy groups -OCH3 is 1. The summed E-state index contributed by atoms with van der Waals surface area (Å²) in [6.07, 6.45) is 6.41. The van der Waals surface area contributed by atoms with Crippen LogP contribution in [0.25, 0.3) is 0 Å². The van der Waals surface area contributed by atoms with E-state index in [1.807, 2.05) is 31.2 Å². The van der Waals surface area contributed by atoms with Gasteiger partial charge in [0, 0.05) is 5.69 Å². The molecule has 1 fully saturated rings. The van der Waals surface area contributed by atoms with Gasteiger partial charge in [0.1, 0.15) is 5.75 Å². The number of hydrogen-bond acceptors (Lipinski definition) is 2. The highest BCUT2D eigenvalue weighted by molar-refractivity contribution is 5.93. The normalized spacial score (nSPS) is 18.4. The van der Waals surface area contributed by atoms with E-state index in [-0.39, 0.29) is 11.9 Å². The molecule has 2 rings (SSSR count). The van der Waals surface area contributed by atoms with Crippen LogP contribution in [0.2, 0.25) is 0 Å². The summed E-state index contributed by atoms with van der Waals surface area (Å²) >= 11 is 0. The molecule has 0 aromatic heterocycles. The Balaban J connectivity index is 1.90. The zero-order chi connectivity index (χ0) is 15.1. The van der Waals surface area contributed by atoms with E-state index < -0.39 is 0 Å². The van der Waals surface area contributed by atoms with Gasteiger partial charge in [0.2, 0.25) is 0 Å². The molecule has 116 valence electrons. The number of rotatable bonds is 4. The van der Waals surface area contributed by atoms with Crippen molar-refractivity contribution >= 4 is 11.6 Å². The standard InChI is InChI=1S/C17H26N2O2/c1-14(19-12-6-4-3-5-7-13-19)17(20)18-15-8-10-16(21-2)11-9-15/h8-11,14H,3-7,12-13H2,1-2H3,(H,18,20)/p+1/t14-/m1/s1. The molecule has 0 unspecified atom stereocenters. The molecule has 0 radical (unpaired) electrons. The Labute approximate surface area is 127 Å². The molecule has 1 aliphatic heterocycles. The molecule has 1 aliphatic rings. The Morgan fingerprint density at radius 2 is 1.67 bits per heavy atom. The molecule has 2 N–H and O–H groups in total. The van der Waals surface area contributed by atoms with E-state index in [1.54, 1.807) is 7.11 Å². The number of anilines is 1. The average molecular weight is 291 g/mol. The van der Waals surface area contributed by atoms with E-state index in [9.17, 15) is 4.79 Å². The highest BCUT2D eigenvalue weighted by Crippen LogP contribution is 2.15. The van der Waals surface area contributed by atoms with Crippen molar-refractivity contribution in [2.75, 3.05) is 25.5 Å². The number of carbonyl (C=O) groups is 1. The van der Waals surface area contributed by atoms with Crippen LogP contribution in [0.4, 0.5) is 5.69 Å². The molecule has 0 saturated carbocycles. The topological polar surface area (TPSA) is 42.8 Å². The third-order valence-corrected chi connectivity index (χ3v) is 4.36. The highest BCUT2D eigenvalue weighted by Gasteiger charge is 2.25. The Morgan fingerprint density at radius 3 is 2.24 bits per heavy atom. The van der Waals surface area contributed by atoms with Crippen molar-refractivity contribution in [1.29, 1.82) is 0 Å². The molecule has 1 heterocycles. The van der Waals surface area contributed by atoms with E-state index in [0.29, 0.717) is 0 Å². The second kappa shape index (κ2) is 8.03. The summed E-state index contributed by atoms with van der Waals surface area (Å²) in [4.78, 5) is 13.8. The number of hydrogen-bond donors (Lipinski definition) is 2. The van der Waals surface area contributed by atoms with Crippen molar-refractivity contribution in [2.45, 2.75) is 45.1 Å². The maximum absolute atomic E-state index is 12.4. The highest BCUT2D eigenvalue weighted by atomic mass is 16.5. The molecule has 1 aromatic rings. The Hall–Kier alpha value is -1.55. The zero-order valence-corrected chi connectivity index (χ0v) is 13.2. The summed E-state index contributed by atoms with van der Waals surface area (Å²) in [6, 6.07) is 7.50. The minimum absolute atomic E-state index is 0.00482. The lowest BCUT2D eigenvalue weighted by atomic mass is 10.1. The monoisotopic (exact) mass is 291 g/mol. The SMILES string of the molecule is COc1ccc(NC(=O)[C@@H](C)[NH+]2CCCCCCC2)cc1. The molecule has 1 saturated heterocycles. The van der Waals surface area contributed by atoms with Crippen LogP contribution in [0.3, 0.4) is 0 Å². The van der Waals surface area contributed by atoms with Crippen LogP contribution < -0.4 is 15.0 Å². The van der Waals surface area contributed by atoms with E-state index in [0.717, 1.165) is 24.5 Å². The Morgan fingerprint density at radius 1 is 1.10 bits per heavy atom. The quantitative estimate of drug-likeness (QED) is 0.889. The van der Waals surface area contributed by atoms with Gasteiger partial charge in [0.15, 0.2) is 6.04 Å². The number of quaternary nitrogens is 1. The second-order valence-corrected chi connectivity index (χ2v) is 5.87. The lowest BCUT2D eigenvalue weighted by Gasteiger charge is -2.26. The number of carbonyl (C=O) groups excluding carboxylic acids is 1. The van der Waals surface area contributed by atoms with Crippen LogP contribution >= 0.6 is 0 Å². The smallest absolute Gasteiger partial charge is 0.282 e. The van der Waals surface area contributed by atoms with Crippen LogP contribution in [0, 0.1) is 0 Å². The number of nitrogens with one attached hydrogen (secondary N) is 2. The van der Waals surface area contributed by atoms with Gasteiger partial charge in [-0.1, -0.05) is 6.42 Å². The fraction of sp³-hybridized carbons (Fsp3) is 0.588. The maximum Gasteiger partial charge on any atom is 0.282 e. The first kappa shape index (κ1) is 15.8. The molecule has 4 heteroatoms. The third-order valence-electron chi connectivity index (χ3n) is 4.36. The van der Waals surface area contributed by atoms with E-state index >= 15 is 0 Å². The maximum atomic E-state index is 12.4. The van der Waals surface area contributed by atoms with Gasteiger partial charge >= 0.3 is 0 Å². The summed E-state index contributed by atoms with van der Waals surface area (Å²) < 4.78 is 5.13. The first-order chi connectivity index (χ1) is 10.2. The van der Waals surface area contributed by atoms with Crippen molar-refractivity contribution in [3.63, 3.8) is 0 Å². The van der Waals surface area contributed by atoms with Crippen molar-refractivity contribution < 1.29 is 14.4 Å². The summed E-state index contributed by atoms with van der Waals surface area (Å²) in [6.45, 7) is 4.25. The Bertz CT molecular complexity index is 437. The van der Waals surface area contributed by atoms with Crippen LogP contribution in [-0.4, -0.2) is 32.1 Å². The van der Waals surface area contributed by atoms with Gasteiger partial charge in [-0.25, -0.2) is 0 Å². The van der Waals surface area contributed by atoms with Gasteiger partial charge in [0.25, 0.3) is 5.91 Å². The van der Waals surface area contributed by atoms with Crippen molar-refractivity contribution in [1.82, 2.24) is 0 Å². The first-order valence-electron chi connectivity index (χ1n) is 8.00. The third kappa shape index (κ3) is 4.74. The van der Waals surface area contributed by atoms with Gasteiger partial charge in [0.05, 0.1) is 20.2 Å². The summed E-state index contributed by atoms with van der Waals surface area (Å²) in [5, 5.41) is 3.01. The molecule has 0 bridgehead atoms. The van der Waals surface area contributed by atoms with Gasteiger partial charge in [-0.2, -0.15) is 0 Å². The predicted molar refractivity (Wildman–Crippen MR) is 84.9 cm³/mol. The molecule has 1 aromatic carbocycles. The van der Waals surface area contributed by atoms with Gasteiger partial charge in [-0.05, 0) is 56.9 Å². The molecular weight excluding hydrogens is 264 g/mol. The van der Waals surface area contributed by atoms with E-state index in [1.165, 1.54) is 37.0 Å². The molecular formula is C17H27N2O2+. The predicted octanol–water partition coefficient (Wildman–Crippen LogP) is 1.87. The number of amides is 1. The minimum Gasteiger partial charge on any atom is -0.497 e. The summed E-state index contributed by atoms with van der Waals surface area (Å²) in [5.41, 5.74) is 0.832. The van der Waals surface area contributed by atoms with Crippen molar-refractivity contribution in [3.05, 3.63) is 24.3 Å². The molecule has 1 amide bonds. The summed E-state index contributed by atoms with van der Waals surface area (Å²) in [5.74, 6) is 0.909. The van der Waals surface area contributed by atoms with E-state index in [4.69, 9.17) is 4.74 Å². The van der Waals surface area contributed by atoms with Gasteiger partial charge in [-0.15, -0.1) is 0 Å². The van der Waals surface area contributed by atoms with Crippen LogP contribution in [0.5, 0.6) is 5.75 Å². The fourth-order valence-corrected chi connectivity index (χ4v) is 2.90. The van der Waals surface area contributed by atoms with Gasteiger partial charge < -0.3 is 15.0 Å². The molecule has 21 heavy (non-hydrogen) atoms.